The molecule has 0 saturated carbocycles. The van der Waals surface area contributed by atoms with Crippen molar-refractivity contribution < 1.29 is 23.1 Å². The van der Waals surface area contributed by atoms with Crippen molar-refractivity contribution in [2.75, 3.05) is 13.2 Å². The van der Waals surface area contributed by atoms with Crippen LogP contribution in [-0.2, 0) is 48.8 Å². The third-order valence-electron chi connectivity index (χ3n) is 11.2. The molecule has 2 heterocycles. The fourth-order valence-electron chi connectivity index (χ4n) is 7.46. The standard InChI is InChI=1S/C44H68N2O5P/c1-7-9-11-13-15-17-19-39-21-25-41(26-22-39)29-31-43(33-48-37(5)45-43)35(3)50-52(47)51-36(4)44(34-49-38(6)46-44)32-30-42-27-23-40(24-28-42)20-18-16-14-12-10-8-2/h21-28,35-36H,7-20,29-34H2,1-6H3/q+1. The van der Waals surface area contributed by atoms with E-state index in [9.17, 15) is 4.57 Å². The van der Waals surface area contributed by atoms with Crippen LogP contribution in [-0.4, -0.2) is 48.3 Å². The molecule has 52 heavy (non-hydrogen) atoms. The van der Waals surface area contributed by atoms with Crippen LogP contribution in [0.5, 0.6) is 0 Å². The quantitative estimate of drug-likeness (QED) is 0.0710. The van der Waals surface area contributed by atoms with Gasteiger partial charge in [-0.2, -0.15) is 0 Å². The van der Waals surface area contributed by atoms with Gasteiger partial charge >= 0.3 is 8.25 Å². The smallest absolute Gasteiger partial charge is 0.479 e. The van der Waals surface area contributed by atoms with Crippen LogP contribution in [0.15, 0.2) is 58.5 Å². The summed E-state index contributed by atoms with van der Waals surface area (Å²) in [6, 6.07) is 18.0. The van der Waals surface area contributed by atoms with Gasteiger partial charge in [0.1, 0.15) is 36.5 Å². The van der Waals surface area contributed by atoms with Gasteiger partial charge in [0.15, 0.2) is 11.8 Å². The molecule has 0 saturated heterocycles. The lowest BCUT2D eigenvalue weighted by Crippen LogP contribution is -2.43. The average molecular weight is 736 g/mol. The summed E-state index contributed by atoms with van der Waals surface area (Å²) in [5, 5.41) is 0. The van der Waals surface area contributed by atoms with Gasteiger partial charge in [0.05, 0.1) is 0 Å². The van der Waals surface area contributed by atoms with Gasteiger partial charge < -0.3 is 9.47 Å². The van der Waals surface area contributed by atoms with E-state index in [0.29, 0.717) is 25.0 Å². The normalized spacial score (nSPS) is 21.3. The summed E-state index contributed by atoms with van der Waals surface area (Å²) >= 11 is 0. The summed E-state index contributed by atoms with van der Waals surface area (Å²) in [6.07, 6.45) is 20.2. The Bertz CT molecular complexity index is 1310. The van der Waals surface area contributed by atoms with Crippen molar-refractivity contribution >= 4 is 20.1 Å². The van der Waals surface area contributed by atoms with Gasteiger partial charge in [-0.05, 0) is 87.5 Å². The molecule has 288 valence electrons. The molecule has 0 radical (unpaired) electrons. The van der Waals surface area contributed by atoms with E-state index in [0.717, 1.165) is 38.5 Å². The van der Waals surface area contributed by atoms with Gasteiger partial charge in [-0.15, -0.1) is 9.05 Å². The number of nitrogens with zero attached hydrogens (tertiary/aromatic N) is 2. The first kappa shape index (κ1) is 42.1. The fourth-order valence-corrected chi connectivity index (χ4v) is 8.42. The summed E-state index contributed by atoms with van der Waals surface area (Å²) in [5.41, 5.74) is 4.04. The number of aliphatic imine (C=N–C) groups is 2. The van der Waals surface area contributed by atoms with Gasteiger partial charge in [-0.25, -0.2) is 9.98 Å². The maximum atomic E-state index is 13.5. The fraction of sp³-hybridized carbons (Fsp3) is 0.682. The van der Waals surface area contributed by atoms with Crippen molar-refractivity contribution in [3.63, 3.8) is 0 Å². The monoisotopic (exact) mass is 735 g/mol. The Hall–Kier alpha value is -2.60. The van der Waals surface area contributed by atoms with E-state index < -0.39 is 31.5 Å². The van der Waals surface area contributed by atoms with E-state index in [1.807, 2.05) is 27.7 Å². The van der Waals surface area contributed by atoms with Crippen molar-refractivity contribution in [2.45, 2.75) is 180 Å². The van der Waals surface area contributed by atoms with Crippen LogP contribution in [0.1, 0.15) is 154 Å². The molecule has 2 aromatic carbocycles. The largest absolute Gasteiger partial charge is 0.698 e. The minimum Gasteiger partial charge on any atom is -0.479 e. The molecule has 2 aliphatic rings. The van der Waals surface area contributed by atoms with Crippen molar-refractivity contribution in [1.82, 2.24) is 0 Å². The van der Waals surface area contributed by atoms with Crippen molar-refractivity contribution in [3.05, 3.63) is 70.8 Å². The highest BCUT2D eigenvalue weighted by atomic mass is 31.1. The zero-order chi connectivity index (χ0) is 37.2. The lowest BCUT2D eigenvalue weighted by molar-refractivity contribution is 0.0499. The third kappa shape index (κ3) is 13.4. The molecule has 2 aliphatic heterocycles. The molecule has 2 aromatic rings. The molecule has 0 spiro atoms. The van der Waals surface area contributed by atoms with E-state index >= 15 is 0 Å². The summed E-state index contributed by atoms with van der Waals surface area (Å²) in [6.45, 7) is 12.9. The van der Waals surface area contributed by atoms with E-state index in [1.165, 1.54) is 99.3 Å². The molecule has 0 N–H and O–H groups in total. The average Bonchev–Trinajstić information content (AvgIpc) is 3.73. The molecule has 8 heteroatoms. The van der Waals surface area contributed by atoms with Crippen LogP contribution in [0.2, 0.25) is 0 Å². The first-order valence-electron chi connectivity index (χ1n) is 20.5. The molecular weight excluding hydrogens is 667 g/mol. The second-order valence-electron chi connectivity index (χ2n) is 15.4. The Morgan fingerprint density at radius 2 is 0.904 bits per heavy atom. The van der Waals surface area contributed by atoms with E-state index in [2.05, 4.69) is 62.4 Å². The molecule has 4 atom stereocenters. The first-order valence-corrected chi connectivity index (χ1v) is 21.6. The van der Waals surface area contributed by atoms with Crippen molar-refractivity contribution in [3.8, 4) is 0 Å². The summed E-state index contributed by atoms with van der Waals surface area (Å²) < 4.78 is 37.5. The van der Waals surface area contributed by atoms with Crippen LogP contribution >= 0.6 is 8.25 Å². The third-order valence-corrected chi connectivity index (χ3v) is 12.2. The molecule has 0 amide bonds. The predicted molar refractivity (Wildman–Crippen MR) is 216 cm³/mol. The predicted octanol–water partition coefficient (Wildman–Crippen LogP) is 11.9. The Labute approximate surface area is 316 Å². The number of ether oxygens (including phenoxy) is 2. The number of hydrogen-bond acceptors (Lipinski definition) is 7. The van der Waals surface area contributed by atoms with Gasteiger partial charge in [0, 0.05) is 18.4 Å². The topological polar surface area (TPSA) is 78.7 Å². The number of benzene rings is 2. The molecule has 0 aromatic heterocycles. The maximum Gasteiger partial charge on any atom is 0.698 e. The van der Waals surface area contributed by atoms with Gasteiger partial charge in [-0.1, -0.05) is 127 Å². The van der Waals surface area contributed by atoms with Crippen molar-refractivity contribution in [1.29, 1.82) is 0 Å². The van der Waals surface area contributed by atoms with Gasteiger partial charge in [-0.3, -0.25) is 0 Å². The Balaban J connectivity index is 1.27. The van der Waals surface area contributed by atoms with Crippen LogP contribution in [0.4, 0.5) is 0 Å². The van der Waals surface area contributed by atoms with E-state index in [-0.39, 0.29) is 0 Å². The Kier molecular flexibility index (Phi) is 17.8. The second kappa shape index (κ2) is 21.9. The van der Waals surface area contributed by atoms with Crippen LogP contribution < -0.4 is 0 Å². The zero-order valence-corrected chi connectivity index (χ0v) is 34.2. The Morgan fingerprint density at radius 1 is 0.577 bits per heavy atom. The highest BCUT2D eigenvalue weighted by Crippen LogP contribution is 2.41. The second-order valence-corrected chi connectivity index (χ2v) is 16.3. The molecule has 4 rings (SSSR count). The van der Waals surface area contributed by atoms with Crippen molar-refractivity contribution in [2.24, 2.45) is 9.98 Å². The first-order chi connectivity index (χ1) is 25.2. The van der Waals surface area contributed by atoms with E-state index in [4.69, 9.17) is 28.5 Å². The number of unbranched alkanes of at least 4 members (excludes halogenated alkanes) is 10. The van der Waals surface area contributed by atoms with Gasteiger partial charge in [0.2, 0.25) is 0 Å². The van der Waals surface area contributed by atoms with Crippen LogP contribution in [0.3, 0.4) is 0 Å². The SMILES string of the molecule is CCCCCCCCc1ccc(CCC2(C(C)O[P+](=O)OC(C)C3(CCc4ccc(CCCCCCCC)cc4)COC(C)=N3)COC(C)=N2)cc1. The van der Waals surface area contributed by atoms with Crippen LogP contribution in [0, 0.1) is 0 Å². The Morgan fingerprint density at radius 3 is 1.23 bits per heavy atom. The highest BCUT2D eigenvalue weighted by molar-refractivity contribution is 7.33. The summed E-state index contributed by atoms with van der Waals surface area (Å²) in [7, 11) is -2.44. The lowest BCUT2D eigenvalue weighted by atomic mass is 9.88. The minimum atomic E-state index is -2.44. The zero-order valence-electron chi connectivity index (χ0n) is 33.3. The van der Waals surface area contributed by atoms with E-state index in [1.54, 1.807) is 0 Å². The number of hydrogen-bond donors (Lipinski definition) is 0. The summed E-state index contributed by atoms with van der Waals surface area (Å²) in [4.78, 5) is 9.80. The minimum absolute atomic E-state index is 0.397. The lowest BCUT2D eigenvalue weighted by Gasteiger charge is -2.28. The van der Waals surface area contributed by atoms with Crippen LogP contribution in [0.25, 0.3) is 0 Å². The molecule has 7 nitrogen and oxygen atoms in total. The summed E-state index contributed by atoms with van der Waals surface area (Å²) in [5.74, 6) is 1.27. The molecule has 0 aliphatic carbocycles. The molecular formula is C44H68N2O5P+. The maximum absolute atomic E-state index is 13.5. The number of rotatable bonds is 26. The molecule has 4 unspecified atom stereocenters. The molecule has 0 bridgehead atoms. The van der Waals surface area contributed by atoms with Gasteiger partial charge in [0.25, 0.3) is 0 Å². The highest BCUT2D eigenvalue weighted by Gasteiger charge is 2.50. The molecule has 0 fully saturated rings. The number of aryl methyl sites for hydroxylation is 4.